The first-order valence-electron chi connectivity index (χ1n) is 4.50. The average Bonchev–Trinajstić information content (AvgIpc) is 2.85. The molecule has 1 unspecified atom stereocenters. The number of aromatic nitrogens is 2. The molecule has 1 N–H and O–H groups in total. The van der Waals surface area contributed by atoms with Gasteiger partial charge in [-0.1, -0.05) is 11.6 Å². The maximum absolute atomic E-state index is 5.73. The predicted octanol–water partition coefficient (Wildman–Crippen LogP) is 2.34. The minimum Gasteiger partial charge on any atom is -0.367 e. The molecule has 0 radical (unpaired) electrons. The second-order valence-corrected chi connectivity index (χ2v) is 3.88. The van der Waals surface area contributed by atoms with Crippen molar-refractivity contribution in [3.63, 3.8) is 0 Å². The summed E-state index contributed by atoms with van der Waals surface area (Å²) in [6.07, 6.45) is 4.13. The van der Waals surface area contributed by atoms with Crippen LogP contribution in [-0.4, -0.2) is 16.0 Å². The minimum atomic E-state index is 0.487. The van der Waals surface area contributed by atoms with E-state index in [1.807, 2.05) is 0 Å². The molecule has 0 spiro atoms. The molecule has 1 aromatic rings. The maximum Gasteiger partial charge on any atom is 0.134 e. The van der Waals surface area contributed by atoms with Gasteiger partial charge in [0.05, 0.1) is 0 Å². The van der Waals surface area contributed by atoms with Gasteiger partial charge >= 0.3 is 0 Å². The number of nitrogens with zero attached hydrogens (tertiary/aromatic N) is 2. The average molecular weight is 198 g/mol. The molecule has 2 rings (SSSR count). The first-order valence-corrected chi connectivity index (χ1v) is 4.87. The molecule has 0 amide bonds. The number of anilines is 1. The van der Waals surface area contributed by atoms with E-state index in [9.17, 15) is 0 Å². The van der Waals surface area contributed by atoms with Crippen molar-refractivity contribution in [2.45, 2.75) is 25.8 Å². The summed E-state index contributed by atoms with van der Waals surface area (Å²) < 4.78 is 0. The first kappa shape index (κ1) is 8.75. The van der Waals surface area contributed by atoms with Crippen molar-refractivity contribution < 1.29 is 0 Å². The quantitative estimate of drug-likeness (QED) is 0.756. The molecule has 1 atom stereocenters. The van der Waals surface area contributed by atoms with E-state index in [4.69, 9.17) is 11.6 Å². The summed E-state index contributed by atoms with van der Waals surface area (Å²) in [6, 6.07) is 2.24. The van der Waals surface area contributed by atoms with Crippen LogP contribution in [0.25, 0.3) is 0 Å². The van der Waals surface area contributed by atoms with Crippen molar-refractivity contribution in [1.82, 2.24) is 9.97 Å². The summed E-state index contributed by atoms with van der Waals surface area (Å²) in [5.74, 6) is 1.63. The van der Waals surface area contributed by atoms with Crippen molar-refractivity contribution in [2.75, 3.05) is 5.32 Å². The topological polar surface area (TPSA) is 37.8 Å². The zero-order chi connectivity index (χ0) is 9.26. The fourth-order valence-electron chi connectivity index (χ4n) is 1.36. The van der Waals surface area contributed by atoms with E-state index < -0.39 is 0 Å². The Morgan fingerprint density at radius 2 is 2.31 bits per heavy atom. The highest BCUT2D eigenvalue weighted by atomic mass is 35.5. The van der Waals surface area contributed by atoms with E-state index in [1.54, 1.807) is 6.07 Å². The van der Waals surface area contributed by atoms with Crippen LogP contribution in [0, 0.1) is 5.92 Å². The largest absolute Gasteiger partial charge is 0.367 e. The summed E-state index contributed by atoms with van der Waals surface area (Å²) in [6.45, 7) is 2.17. The van der Waals surface area contributed by atoms with E-state index in [2.05, 4.69) is 22.2 Å². The lowest BCUT2D eigenvalue weighted by Crippen LogP contribution is -2.17. The molecule has 1 aromatic heterocycles. The zero-order valence-electron chi connectivity index (χ0n) is 7.50. The maximum atomic E-state index is 5.73. The highest BCUT2D eigenvalue weighted by molar-refractivity contribution is 6.29. The SMILES string of the molecule is CC(Nc1cc(Cl)ncn1)C1CC1. The number of nitrogens with one attached hydrogen (secondary N) is 1. The molecule has 1 fully saturated rings. The van der Waals surface area contributed by atoms with Crippen LogP contribution in [0.1, 0.15) is 19.8 Å². The third-order valence-corrected chi connectivity index (χ3v) is 2.55. The van der Waals surface area contributed by atoms with Gasteiger partial charge in [-0.25, -0.2) is 9.97 Å². The standard InChI is InChI=1S/C9H12ClN3/c1-6(7-2-3-7)13-9-4-8(10)11-5-12-9/h4-7H,2-3H2,1H3,(H,11,12,13). The lowest BCUT2D eigenvalue weighted by atomic mass is 10.2. The third-order valence-electron chi connectivity index (χ3n) is 2.34. The van der Waals surface area contributed by atoms with Gasteiger partial charge in [-0.2, -0.15) is 0 Å². The zero-order valence-corrected chi connectivity index (χ0v) is 8.25. The van der Waals surface area contributed by atoms with Crippen LogP contribution in [0.3, 0.4) is 0 Å². The molecule has 0 saturated heterocycles. The van der Waals surface area contributed by atoms with E-state index >= 15 is 0 Å². The Labute approximate surface area is 82.5 Å². The molecule has 13 heavy (non-hydrogen) atoms. The van der Waals surface area contributed by atoms with E-state index in [1.165, 1.54) is 19.2 Å². The molecule has 0 bridgehead atoms. The Morgan fingerprint density at radius 1 is 1.54 bits per heavy atom. The highest BCUT2D eigenvalue weighted by Gasteiger charge is 2.27. The fourth-order valence-corrected chi connectivity index (χ4v) is 1.51. The Balaban J connectivity index is 2.00. The second-order valence-electron chi connectivity index (χ2n) is 3.50. The van der Waals surface area contributed by atoms with Gasteiger partial charge in [-0.3, -0.25) is 0 Å². The van der Waals surface area contributed by atoms with Crippen molar-refractivity contribution in [1.29, 1.82) is 0 Å². The molecule has 3 nitrogen and oxygen atoms in total. The Hall–Kier alpha value is -0.830. The molecular formula is C9H12ClN3. The van der Waals surface area contributed by atoms with Crippen molar-refractivity contribution >= 4 is 17.4 Å². The van der Waals surface area contributed by atoms with Gasteiger partial charge in [-0.15, -0.1) is 0 Å². The molecule has 0 aromatic carbocycles. The number of hydrogen-bond donors (Lipinski definition) is 1. The van der Waals surface area contributed by atoms with E-state index in [0.29, 0.717) is 11.2 Å². The first-order chi connectivity index (χ1) is 6.25. The normalized spacial score (nSPS) is 18.3. The predicted molar refractivity (Wildman–Crippen MR) is 52.9 cm³/mol. The van der Waals surface area contributed by atoms with Gasteiger partial charge in [0.15, 0.2) is 0 Å². The molecule has 1 aliphatic carbocycles. The van der Waals surface area contributed by atoms with Gasteiger partial charge in [0, 0.05) is 12.1 Å². The summed E-state index contributed by atoms with van der Waals surface area (Å²) in [5.41, 5.74) is 0. The van der Waals surface area contributed by atoms with Gasteiger partial charge < -0.3 is 5.32 Å². The lowest BCUT2D eigenvalue weighted by Gasteiger charge is -2.12. The van der Waals surface area contributed by atoms with Crippen LogP contribution in [0.5, 0.6) is 0 Å². The van der Waals surface area contributed by atoms with Gasteiger partial charge in [0.2, 0.25) is 0 Å². The van der Waals surface area contributed by atoms with Crippen LogP contribution in [0.15, 0.2) is 12.4 Å². The van der Waals surface area contributed by atoms with Crippen LogP contribution in [0.4, 0.5) is 5.82 Å². The summed E-state index contributed by atoms with van der Waals surface area (Å²) in [5, 5.41) is 3.80. The lowest BCUT2D eigenvalue weighted by molar-refractivity contribution is 0.690. The van der Waals surface area contributed by atoms with Crippen LogP contribution >= 0.6 is 11.6 Å². The molecule has 1 heterocycles. The summed E-state index contributed by atoms with van der Waals surface area (Å²) in [7, 11) is 0. The Kier molecular flexibility index (Phi) is 2.36. The second kappa shape index (κ2) is 3.50. The highest BCUT2D eigenvalue weighted by Crippen LogP contribution is 2.33. The molecule has 4 heteroatoms. The van der Waals surface area contributed by atoms with Crippen LogP contribution in [0.2, 0.25) is 5.15 Å². The monoisotopic (exact) mass is 197 g/mol. The molecule has 70 valence electrons. The van der Waals surface area contributed by atoms with Crippen molar-refractivity contribution in [3.8, 4) is 0 Å². The van der Waals surface area contributed by atoms with Gasteiger partial charge in [0.1, 0.15) is 17.3 Å². The number of rotatable bonds is 3. The summed E-state index contributed by atoms with van der Waals surface area (Å²) in [4.78, 5) is 7.90. The molecule has 0 aliphatic heterocycles. The fraction of sp³-hybridized carbons (Fsp3) is 0.556. The van der Waals surface area contributed by atoms with E-state index in [-0.39, 0.29) is 0 Å². The van der Waals surface area contributed by atoms with Crippen molar-refractivity contribution in [3.05, 3.63) is 17.5 Å². The third kappa shape index (κ3) is 2.31. The molecule has 1 saturated carbocycles. The summed E-state index contributed by atoms with van der Waals surface area (Å²) >= 11 is 5.73. The van der Waals surface area contributed by atoms with E-state index in [0.717, 1.165) is 11.7 Å². The number of halogens is 1. The molecular weight excluding hydrogens is 186 g/mol. The van der Waals surface area contributed by atoms with Gasteiger partial charge in [-0.05, 0) is 25.7 Å². The van der Waals surface area contributed by atoms with Crippen LogP contribution in [-0.2, 0) is 0 Å². The smallest absolute Gasteiger partial charge is 0.134 e. The number of hydrogen-bond acceptors (Lipinski definition) is 3. The van der Waals surface area contributed by atoms with Gasteiger partial charge in [0.25, 0.3) is 0 Å². The Morgan fingerprint density at radius 3 is 2.92 bits per heavy atom. The molecule has 1 aliphatic rings. The van der Waals surface area contributed by atoms with Crippen molar-refractivity contribution in [2.24, 2.45) is 5.92 Å². The minimum absolute atomic E-state index is 0.487. The Bertz CT molecular complexity index is 299. The van der Waals surface area contributed by atoms with Crippen LogP contribution < -0.4 is 5.32 Å².